The van der Waals surface area contributed by atoms with Crippen LogP contribution < -0.4 is 5.32 Å². The first-order valence-electron chi connectivity index (χ1n) is 6.82. The summed E-state index contributed by atoms with van der Waals surface area (Å²) >= 11 is 3.42. The number of benzene rings is 2. The molecule has 0 aliphatic rings. The van der Waals surface area contributed by atoms with Crippen molar-refractivity contribution < 1.29 is 4.39 Å². The molecule has 0 amide bonds. The number of hydrogen-bond acceptors (Lipinski definition) is 2. The van der Waals surface area contributed by atoms with Crippen LogP contribution in [0.2, 0.25) is 0 Å². The summed E-state index contributed by atoms with van der Waals surface area (Å²) in [5.74, 6) is 0.680. The van der Waals surface area contributed by atoms with Gasteiger partial charge in [0.25, 0.3) is 0 Å². The molecule has 0 radical (unpaired) electrons. The molecule has 3 nitrogen and oxygen atoms in total. The van der Waals surface area contributed by atoms with Gasteiger partial charge in [-0.2, -0.15) is 0 Å². The number of hydrogen-bond donors (Lipinski definition) is 1. The van der Waals surface area contributed by atoms with E-state index in [1.54, 1.807) is 6.07 Å². The third kappa shape index (κ3) is 2.78. The molecular weight excluding hydrogens is 333 g/mol. The Kier molecular flexibility index (Phi) is 3.92. The second kappa shape index (κ2) is 5.85. The first-order valence-corrected chi connectivity index (χ1v) is 7.61. The maximum Gasteiger partial charge on any atom is 0.129 e. The molecule has 0 aliphatic carbocycles. The molecule has 0 saturated heterocycles. The number of nitrogens with zero attached hydrogens (tertiary/aromatic N) is 2. The largest absolute Gasteiger partial charge is 0.377 e. The van der Waals surface area contributed by atoms with Gasteiger partial charge in [0.15, 0.2) is 0 Å². The first-order chi connectivity index (χ1) is 10.2. The quantitative estimate of drug-likeness (QED) is 0.749. The Balaban J connectivity index is 1.89. The zero-order valence-corrected chi connectivity index (χ0v) is 13.2. The highest BCUT2D eigenvalue weighted by atomic mass is 79.9. The van der Waals surface area contributed by atoms with Crippen molar-refractivity contribution in [1.29, 1.82) is 0 Å². The lowest BCUT2D eigenvalue weighted by Gasteiger charge is -2.10. The maximum atomic E-state index is 13.3. The summed E-state index contributed by atoms with van der Waals surface area (Å²) in [6.45, 7) is 3.49. The lowest BCUT2D eigenvalue weighted by atomic mass is 10.3. The third-order valence-corrected chi connectivity index (χ3v) is 4.11. The number of halogens is 2. The molecule has 1 heterocycles. The molecule has 0 atom stereocenters. The van der Waals surface area contributed by atoms with Crippen molar-refractivity contribution in [3.63, 3.8) is 0 Å². The van der Waals surface area contributed by atoms with Gasteiger partial charge in [-0.15, -0.1) is 0 Å². The number of rotatable bonds is 4. The average molecular weight is 348 g/mol. The number of para-hydroxylation sites is 2. The standard InChI is InChI=1S/C16H15BrFN3/c1-2-21-15-6-4-3-5-13(15)20-16(21)10-19-14-9-11(18)7-8-12(14)17/h3-9,19H,2,10H2,1H3. The van der Waals surface area contributed by atoms with Crippen molar-refractivity contribution in [3.8, 4) is 0 Å². The number of nitrogens with one attached hydrogen (secondary N) is 1. The van der Waals surface area contributed by atoms with Gasteiger partial charge in [-0.05, 0) is 53.2 Å². The van der Waals surface area contributed by atoms with Gasteiger partial charge in [0.1, 0.15) is 11.6 Å². The molecule has 5 heteroatoms. The van der Waals surface area contributed by atoms with Crippen molar-refractivity contribution >= 4 is 32.7 Å². The van der Waals surface area contributed by atoms with Crippen LogP contribution in [0.4, 0.5) is 10.1 Å². The molecule has 2 aromatic carbocycles. The SMILES string of the molecule is CCn1c(CNc2cc(F)ccc2Br)nc2ccccc21. The van der Waals surface area contributed by atoms with E-state index in [2.05, 4.69) is 43.8 Å². The molecule has 0 saturated carbocycles. The summed E-state index contributed by atoms with van der Waals surface area (Å²) in [5, 5.41) is 3.24. The number of aromatic nitrogens is 2. The van der Waals surface area contributed by atoms with Gasteiger partial charge in [-0.25, -0.2) is 9.37 Å². The summed E-state index contributed by atoms with van der Waals surface area (Å²) in [6, 6.07) is 12.7. The number of anilines is 1. The zero-order chi connectivity index (χ0) is 14.8. The number of fused-ring (bicyclic) bond motifs is 1. The lowest BCUT2D eigenvalue weighted by molar-refractivity contribution is 0.627. The molecule has 0 aliphatic heterocycles. The van der Waals surface area contributed by atoms with Gasteiger partial charge in [0.05, 0.1) is 23.3 Å². The van der Waals surface area contributed by atoms with Crippen LogP contribution in [0.3, 0.4) is 0 Å². The van der Waals surface area contributed by atoms with Gasteiger partial charge in [0, 0.05) is 11.0 Å². The molecule has 1 aromatic heterocycles. The van der Waals surface area contributed by atoms with Gasteiger partial charge < -0.3 is 9.88 Å². The summed E-state index contributed by atoms with van der Waals surface area (Å²) in [7, 11) is 0. The van der Waals surface area contributed by atoms with Crippen molar-refractivity contribution in [3.05, 3.63) is 58.6 Å². The Morgan fingerprint density at radius 1 is 1.24 bits per heavy atom. The van der Waals surface area contributed by atoms with Crippen LogP contribution in [0.15, 0.2) is 46.9 Å². The van der Waals surface area contributed by atoms with Crippen LogP contribution in [-0.4, -0.2) is 9.55 Å². The second-order valence-electron chi connectivity index (χ2n) is 4.74. The molecule has 21 heavy (non-hydrogen) atoms. The van der Waals surface area contributed by atoms with Crippen LogP contribution in [-0.2, 0) is 13.1 Å². The normalized spacial score (nSPS) is 11.0. The second-order valence-corrected chi connectivity index (χ2v) is 5.59. The predicted molar refractivity (Wildman–Crippen MR) is 86.8 cm³/mol. The number of imidazole rings is 1. The summed E-state index contributed by atoms with van der Waals surface area (Å²) in [5.41, 5.74) is 2.83. The van der Waals surface area contributed by atoms with Crippen molar-refractivity contribution in [1.82, 2.24) is 9.55 Å². The fourth-order valence-electron chi connectivity index (χ4n) is 2.42. The Bertz CT molecular complexity index is 782. The monoisotopic (exact) mass is 347 g/mol. The maximum absolute atomic E-state index is 13.3. The van der Waals surface area contributed by atoms with Gasteiger partial charge in [0.2, 0.25) is 0 Å². The molecule has 3 rings (SSSR count). The minimum atomic E-state index is -0.260. The molecule has 1 N–H and O–H groups in total. The number of aryl methyl sites for hydroxylation is 1. The first kappa shape index (κ1) is 14.1. The molecule has 108 valence electrons. The summed E-state index contributed by atoms with van der Waals surface area (Å²) in [6.07, 6.45) is 0. The third-order valence-electron chi connectivity index (χ3n) is 3.42. The fraction of sp³-hybridized carbons (Fsp3) is 0.188. The zero-order valence-electron chi connectivity index (χ0n) is 11.6. The van der Waals surface area contributed by atoms with Crippen LogP contribution in [0.1, 0.15) is 12.7 Å². The summed E-state index contributed by atoms with van der Waals surface area (Å²) < 4.78 is 16.3. The Hall–Kier alpha value is -1.88. The van der Waals surface area contributed by atoms with Gasteiger partial charge >= 0.3 is 0 Å². The van der Waals surface area contributed by atoms with Crippen molar-refractivity contribution in [2.45, 2.75) is 20.0 Å². The highest BCUT2D eigenvalue weighted by Crippen LogP contribution is 2.24. The molecule has 0 unspecified atom stereocenters. The lowest BCUT2D eigenvalue weighted by Crippen LogP contribution is -2.08. The van der Waals surface area contributed by atoms with Crippen molar-refractivity contribution in [2.75, 3.05) is 5.32 Å². The Morgan fingerprint density at radius 2 is 2.05 bits per heavy atom. The fourth-order valence-corrected chi connectivity index (χ4v) is 2.81. The van der Waals surface area contributed by atoms with E-state index in [9.17, 15) is 4.39 Å². The van der Waals surface area contributed by atoms with E-state index in [-0.39, 0.29) is 5.82 Å². The van der Waals surface area contributed by atoms with E-state index in [1.807, 2.05) is 18.2 Å². The molecular formula is C16H15BrFN3. The molecule has 0 bridgehead atoms. The van der Waals surface area contributed by atoms with Crippen LogP contribution >= 0.6 is 15.9 Å². The van der Waals surface area contributed by atoms with E-state index in [0.717, 1.165) is 33.6 Å². The van der Waals surface area contributed by atoms with Crippen molar-refractivity contribution in [2.24, 2.45) is 0 Å². The molecule has 0 fully saturated rings. The highest BCUT2D eigenvalue weighted by molar-refractivity contribution is 9.10. The van der Waals surface area contributed by atoms with Crippen LogP contribution in [0, 0.1) is 5.82 Å². The smallest absolute Gasteiger partial charge is 0.129 e. The topological polar surface area (TPSA) is 29.9 Å². The van der Waals surface area contributed by atoms with Crippen LogP contribution in [0.25, 0.3) is 11.0 Å². The highest BCUT2D eigenvalue weighted by Gasteiger charge is 2.09. The average Bonchev–Trinajstić information content (AvgIpc) is 2.85. The van der Waals surface area contributed by atoms with E-state index in [0.29, 0.717) is 6.54 Å². The van der Waals surface area contributed by atoms with E-state index >= 15 is 0 Å². The Morgan fingerprint density at radius 3 is 2.86 bits per heavy atom. The van der Waals surface area contributed by atoms with E-state index < -0.39 is 0 Å². The van der Waals surface area contributed by atoms with Crippen LogP contribution in [0.5, 0.6) is 0 Å². The minimum Gasteiger partial charge on any atom is -0.377 e. The van der Waals surface area contributed by atoms with Gasteiger partial charge in [-0.3, -0.25) is 0 Å². The minimum absolute atomic E-state index is 0.260. The predicted octanol–water partition coefficient (Wildman–Crippen LogP) is 4.57. The molecule has 3 aromatic rings. The van der Waals surface area contributed by atoms with E-state index in [1.165, 1.54) is 12.1 Å². The summed E-state index contributed by atoms with van der Waals surface area (Å²) in [4.78, 5) is 4.64. The Labute approximate surface area is 130 Å². The van der Waals surface area contributed by atoms with E-state index in [4.69, 9.17) is 0 Å². The molecule has 0 spiro atoms. The van der Waals surface area contributed by atoms with Gasteiger partial charge in [-0.1, -0.05) is 12.1 Å².